The maximum absolute atomic E-state index is 11.6. The summed E-state index contributed by atoms with van der Waals surface area (Å²) in [5, 5.41) is 0. The van der Waals surface area contributed by atoms with Gasteiger partial charge in [-0.3, -0.25) is 9.59 Å². The molecule has 1 aromatic carbocycles. The average molecular weight is 238 g/mol. The normalized spacial score (nSPS) is 9.88. The number of carbonyl (C=O) groups is 2. The molecule has 0 spiro atoms. The van der Waals surface area contributed by atoms with Gasteiger partial charge in [0.2, 0.25) is 0 Å². The average Bonchev–Trinajstić information content (AvgIpc) is 2.30. The number of methoxy groups -OCH3 is 1. The van der Waals surface area contributed by atoms with Crippen molar-refractivity contribution in [1.82, 2.24) is 0 Å². The quantitative estimate of drug-likeness (QED) is 0.342. The lowest BCUT2D eigenvalue weighted by Gasteiger charge is -2.02. The Balaban J connectivity index is 2.66. The molecule has 0 radical (unpaired) electrons. The summed E-state index contributed by atoms with van der Waals surface area (Å²) in [4.78, 5) is 23.6. The van der Waals surface area contributed by atoms with Crippen molar-refractivity contribution < 1.29 is 14.3 Å². The van der Waals surface area contributed by atoms with Crippen LogP contribution in [-0.2, 0) is 9.53 Å². The summed E-state index contributed by atoms with van der Waals surface area (Å²) < 4.78 is 4.44. The molecular formula is C12H14O3S. The Labute approximate surface area is 99.2 Å². The first-order valence-electron chi connectivity index (χ1n) is 5.00. The number of benzene rings is 1. The fourth-order valence-corrected chi connectivity index (χ4v) is 1.87. The fourth-order valence-electron chi connectivity index (χ4n) is 1.21. The molecule has 0 saturated heterocycles. The van der Waals surface area contributed by atoms with Gasteiger partial charge in [-0.1, -0.05) is 19.1 Å². The van der Waals surface area contributed by atoms with Crippen LogP contribution in [0.1, 0.15) is 23.7 Å². The van der Waals surface area contributed by atoms with E-state index in [9.17, 15) is 9.59 Å². The molecule has 0 heterocycles. The van der Waals surface area contributed by atoms with Gasteiger partial charge in [-0.2, -0.15) is 0 Å². The van der Waals surface area contributed by atoms with Gasteiger partial charge >= 0.3 is 5.97 Å². The van der Waals surface area contributed by atoms with Crippen molar-refractivity contribution in [2.24, 2.45) is 0 Å². The first-order valence-corrected chi connectivity index (χ1v) is 5.98. The molecule has 0 N–H and O–H groups in total. The molecule has 86 valence electrons. The Bertz CT molecular complexity index is 370. The van der Waals surface area contributed by atoms with E-state index in [4.69, 9.17) is 0 Å². The van der Waals surface area contributed by atoms with Crippen LogP contribution in [-0.4, -0.2) is 24.6 Å². The highest BCUT2D eigenvalue weighted by molar-refractivity contribution is 7.99. The van der Waals surface area contributed by atoms with Gasteiger partial charge in [-0.15, -0.1) is 11.8 Å². The molecule has 4 heteroatoms. The van der Waals surface area contributed by atoms with E-state index in [2.05, 4.69) is 11.7 Å². The number of hydrogen-bond donors (Lipinski definition) is 0. The maximum Gasteiger partial charge on any atom is 0.313 e. The van der Waals surface area contributed by atoms with E-state index in [1.807, 2.05) is 12.1 Å². The van der Waals surface area contributed by atoms with E-state index < -0.39 is 5.97 Å². The highest BCUT2D eigenvalue weighted by Gasteiger charge is 2.11. The van der Waals surface area contributed by atoms with Gasteiger partial charge in [0.25, 0.3) is 0 Å². The first-order chi connectivity index (χ1) is 7.67. The molecule has 0 aliphatic heterocycles. The van der Waals surface area contributed by atoms with Crippen LogP contribution in [0.25, 0.3) is 0 Å². The zero-order valence-electron chi connectivity index (χ0n) is 9.36. The molecule has 1 aromatic rings. The van der Waals surface area contributed by atoms with Crippen LogP contribution in [0.2, 0.25) is 0 Å². The minimum absolute atomic E-state index is 0.198. The summed E-state index contributed by atoms with van der Waals surface area (Å²) in [6, 6.07) is 7.25. The van der Waals surface area contributed by atoms with Gasteiger partial charge in [-0.25, -0.2) is 0 Å². The molecule has 0 aliphatic carbocycles. The Morgan fingerprint density at radius 1 is 1.25 bits per heavy atom. The van der Waals surface area contributed by atoms with Gasteiger partial charge in [0.15, 0.2) is 5.78 Å². The van der Waals surface area contributed by atoms with Crippen LogP contribution in [0.5, 0.6) is 0 Å². The smallest absolute Gasteiger partial charge is 0.313 e. The van der Waals surface area contributed by atoms with Crippen molar-refractivity contribution >= 4 is 23.5 Å². The van der Waals surface area contributed by atoms with Crippen molar-refractivity contribution in [2.75, 3.05) is 12.9 Å². The summed E-state index contributed by atoms with van der Waals surface area (Å²) in [6.45, 7) is 2.07. The molecule has 16 heavy (non-hydrogen) atoms. The zero-order valence-corrected chi connectivity index (χ0v) is 10.2. The van der Waals surface area contributed by atoms with Gasteiger partial charge < -0.3 is 4.74 Å². The van der Waals surface area contributed by atoms with Crippen molar-refractivity contribution in [3.63, 3.8) is 0 Å². The monoisotopic (exact) mass is 238 g/mol. The Hall–Kier alpha value is -1.29. The van der Waals surface area contributed by atoms with Crippen LogP contribution in [0.3, 0.4) is 0 Å². The van der Waals surface area contributed by atoms with E-state index in [-0.39, 0.29) is 12.2 Å². The predicted octanol–water partition coefficient (Wildman–Crippen LogP) is 2.54. The van der Waals surface area contributed by atoms with Crippen molar-refractivity contribution in [1.29, 1.82) is 0 Å². The number of esters is 1. The van der Waals surface area contributed by atoms with E-state index in [0.717, 1.165) is 10.6 Å². The maximum atomic E-state index is 11.6. The van der Waals surface area contributed by atoms with Gasteiger partial charge in [0, 0.05) is 10.5 Å². The molecule has 0 aromatic heterocycles. The van der Waals surface area contributed by atoms with Crippen LogP contribution >= 0.6 is 11.8 Å². The third kappa shape index (κ3) is 3.70. The lowest BCUT2D eigenvalue weighted by atomic mass is 10.1. The number of hydrogen-bond acceptors (Lipinski definition) is 4. The highest BCUT2D eigenvalue weighted by atomic mass is 32.2. The second-order valence-electron chi connectivity index (χ2n) is 3.13. The molecule has 0 unspecified atom stereocenters. The minimum atomic E-state index is -0.503. The van der Waals surface area contributed by atoms with E-state index in [1.54, 1.807) is 23.9 Å². The minimum Gasteiger partial charge on any atom is -0.469 e. The topological polar surface area (TPSA) is 43.4 Å². The second kappa shape index (κ2) is 6.33. The summed E-state index contributed by atoms with van der Waals surface area (Å²) in [5.74, 6) is 0.284. The summed E-state index contributed by atoms with van der Waals surface area (Å²) in [7, 11) is 1.27. The van der Waals surface area contributed by atoms with Crippen molar-refractivity contribution in [3.05, 3.63) is 29.8 Å². The number of ether oxygens (including phenoxy) is 1. The molecule has 3 nitrogen and oxygen atoms in total. The number of carbonyl (C=O) groups excluding carboxylic acids is 2. The number of rotatable bonds is 5. The van der Waals surface area contributed by atoms with E-state index in [0.29, 0.717) is 5.56 Å². The first kappa shape index (κ1) is 12.8. The molecule has 1 rings (SSSR count). The molecule has 0 amide bonds. The number of Topliss-reactive ketones (excluding diaryl/α,β-unsaturated/α-hetero) is 1. The van der Waals surface area contributed by atoms with Gasteiger partial charge in [-0.05, 0) is 17.9 Å². The van der Waals surface area contributed by atoms with Crippen LogP contribution < -0.4 is 0 Å². The van der Waals surface area contributed by atoms with Gasteiger partial charge in [0.05, 0.1) is 7.11 Å². The number of ketones is 1. The SMILES string of the molecule is CCSc1ccc(C(=O)CC(=O)OC)cc1. The third-order valence-electron chi connectivity index (χ3n) is 2.02. The van der Waals surface area contributed by atoms with Crippen molar-refractivity contribution in [2.45, 2.75) is 18.2 Å². The van der Waals surface area contributed by atoms with Crippen LogP contribution in [0.15, 0.2) is 29.2 Å². The molecule has 0 bridgehead atoms. The Morgan fingerprint density at radius 3 is 2.38 bits per heavy atom. The molecule has 0 atom stereocenters. The Kier molecular flexibility index (Phi) is 5.05. The van der Waals surface area contributed by atoms with E-state index in [1.165, 1.54) is 7.11 Å². The highest BCUT2D eigenvalue weighted by Crippen LogP contribution is 2.18. The zero-order chi connectivity index (χ0) is 12.0. The lowest BCUT2D eigenvalue weighted by molar-refractivity contribution is -0.139. The van der Waals surface area contributed by atoms with Crippen LogP contribution in [0, 0.1) is 0 Å². The largest absolute Gasteiger partial charge is 0.469 e. The molecular weight excluding hydrogens is 224 g/mol. The summed E-state index contributed by atoms with van der Waals surface area (Å²) in [6.07, 6.45) is -0.198. The number of thioether (sulfide) groups is 1. The Morgan fingerprint density at radius 2 is 1.88 bits per heavy atom. The molecule has 0 saturated carbocycles. The predicted molar refractivity (Wildman–Crippen MR) is 63.8 cm³/mol. The third-order valence-corrected chi connectivity index (χ3v) is 2.91. The molecule has 0 aliphatic rings. The lowest BCUT2D eigenvalue weighted by Crippen LogP contribution is -2.09. The second-order valence-corrected chi connectivity index (χ2v) is 4.47. The standard InChI is InChI=1S/C12H14O3S/c1-3-16-10-6-4-9(5-7-10)11(13)8-12(14)15-2/h4-7H,3,8H2,1-2H3. The summed E-state index contributed by atoms with van der Waals surface area (Å²) in [5.41, 5.74) is 0.547. The van der Waals surface area contributed by atoms with E-state index >= 15 is 0 Å². The van der Waals surface area contributed by atoms with Crippen molar-refractivity contribution in [3.8, 4) is 0 Å². The van der Waals surface area contributed by atoms with Crippen LogP contribution in [0.4, 0.5) is 0 Å². The fraction of sp³-hybridized carbons (Fsp3) is 0.333. The summed E-state index contributed by atoms with van der Waals surface area (Å²) >= 11 is 1.71. The molecule has 0 fully saturated rings. The van der Waals surface area contributed by atoms with Gasteiger partial charge in [0.1, 0.15) is 6.42 Å².